The van der Waals surface area contributed by atoms with E-state index in [0.29, 0.717) is 12.0 Å². The van der Waals surface area contributed by atoms with Gasteiger partial charge in [-0.05, 0) is 24.1 Å². The second-order valence-electron chi connectivity index (χ2n) is 3.84. The van der Waals surface area contributed by atoms with Gasteiger partial charge in [-0.3, -0.25) is 9.78 Å². The fourth-order valence-corrected chi connectivity index (χ4v) is 1.59. The molecule has 0 radical (unpaired) electrons. The third-order valence-electron chi connectivity index (χ3n) is 2.40. The molecule has 80 valence electrons. The van der Waals surface area contributed by atoms with Gasteiger partial charge in [0.2, 0.25) is 0 Å². The minimum Gasteiger partial charge on any atom is -0.294 e. The molecule has 2 aromatic rings. The number of ketones is 1. The molecule has 0 amide bonds. The third kappa shape index (κ3) is 2.54. The standard InChI is InChI=1S/C14H13NO/c1-11-7-13(10-15-9-11)14(16)8-12-5-3-2-4-6-12/h2-7,9-10H,8H2,1H3. The molecule has 16 heavy (non-hydrogen) atoms. The zero-order valence-electron chi connectivity index (χ0n) is 9.18. The number of aromatic nitrogens is 1. The first-order valence-corrected chi connectivity index (χ1v) is 5.24. The number of carbonyl (C=O) groups excluding carboxylic acids is 1. The number of carbonyl (C=O) groups is 1. The summed E-state index contributed by atoms with van der Waals surface area (Å²) in [6, 6.07) is 11.6. The Hall–Kier alpha value is -1.96. The average Bonchev–Trinajstić information content (AvgIpc) is 2.30. The minimum absolute atomic E-state index is 0.113. The number of nitrogens with zero attached hydrogens (tertiary/aromatic N) is 1. The third-order valence-corrected chi connectivity index (χ3v) is 2.40. The van der Waals surface area contributed by atoms with Gasteiger partial charge < -0.3 is 0 Å². The summed E-state index contributed by atoms with van der Waals surface area (Å²) in [6.07, 6.45) is 3.81. The number of pyridine rings is 1. The molecular formula is C14H13NO. The lowest BCUT2D eigenvalue weighted by Crippen LogP contribution is -2.04. The SMILES string of the molecule is Cc1cncc(C(=O)Cc2ccccc2)c1. The Labute approximate surface area is 95.0 Å². The molecule has 0 atom stereocenters. The molecule has 2 nitrogen and oxygen atoms in total. The largest absolute Gasteiger partial charge is 0.294 e. The van der Waals surface area contributed by atoms with E-state index in [4.69, 9.17) is 0 Å². The maximum Gasteiger partial charge on any atom is 0.168 e. The van der Waals surface area contributed by atoms with Crippen LogP contribution >= 0.6 is 0 Å². The van der Waals surface area contributed by atoms with E-state index >= 15 is 0 Å². The molecule has 2 heteroatoms. The van der Waals surface area contributed by atoms with Crippen molar-refractivity contribution < 1.29 is 4.79 Å². The maximum atomic E-state index is 11.9. The van der Waals surface area contributed by atoms with Crippen molar-refractivity contribution in [2.24, 2.45) is 0 Å². The van der Waals surface area contributed by atoms with Gasteiger partial charge in [-0.2, -0.15) is 0 Å². The first-order valence-electron chi connectivity index (χ1n) is 5.24. The molecule has 0 spiro atoms. The van der Waals surface area contributed by atoms with Crippen LogP contribution in [-0.4, -0.2) is 10.8 Å². The molecule has 0 saturated carbocycles. The van der Waals surface area contributed by atoms with E-state index in [1.54, 1.807) is 12.4 Å². The van der Waals surface area contributed by atoms with E-state index < -0.39 is 0 Å². The number of hydrogen-bond donors (Lipinski definition) is 0. The topological polar surface area (TPSA) is 30.0 Å². The van der Waals surface area contributed by atoms with Crippen LogP contribution in [-0.2, 0) is 6.42 Å². The van der Waals surface area contributed by atoms with Crippen LogP contribution in [0.4, 0.5) is 0 Å². The van der Waals surface area contributed by atoms with Crippen molar-refractivity contribution in [2.75, 3.05) is 0 Å². The molecule has 2 rings (SSSR count). The van der Waals surface area contributed by atoms with Crippen LogP contribution in [0.2, 0.25) is 0 Å². The van der Waals surface area contributed by atoms with Gasteiger partial charge in [-0.15, -0.1) is 0 Å². The van der Waals surface area contributed by atoms with Gasteiger partial charge in [0.15, 0.2) is 5.78 Å². The normalized spacial score (nSPS) is 10.1. The predicted octanol–water partition coefficient (Wildman–Crippen LogP) is 2.82. The molecule has 1 aromatic heterocycles. The summed E-state index contributed by atoms with van der Waals surface area (Å²) in [5.74, 6) is 0.113. The van der Waals surface area contributed by atoms with E-state index in [9.17, 15) is 4.79 Å². The Balaban J connectivity index is 2.15. The molecule has 0 bridgehead atoms. The lowest BCUT2D eigenvalue weighted by Gasteiger charge is -2.01. The summed E-state index contributed by atoms with van der Waals surface area (Å²) in [7, 11) is 0. The van der Waals surface area contributed by atoms with Gasteiger partial charge in [0.25, 0.3) is 0 Å². The van der Waals surface area contributed by atoms with Gasteiger partial charge in [-0.1, -0.05) is 30.3 Å². The summed E-state index contributed by atoms with van der Waals surface area (Å²) in [4.78, 5) is 16.0. The van der Waals surface area contributed by atoms with Crippen LogP contribution in [0.3, 0.4) is 0 Å². The highest BCUT2D eigenvalue weighted by atomic mass is 16.1. The molecule has 0 unspecified atom stereocenters. The molecule has 0 aliphatic rings. The van der Waals surface area contributed by atoms with Crippen LogP contribution in [0.15, 0.2) is 48.8 Å². The zero-order chi connectivity index (χ0) is 11.4. The van der Waals surface area contributed by atoms with Crippen LogP contribution in [0.5, 0.6) is 0 Å². The van der Waals surface area contributed by atoms with E-state index in [1.807, 2.05) is 43.3 Å². The van der Waals surface area contributed by atoms with Crippen molar-refractivity contribution in [3.8, 4) is 0 Å². The van der Waals surface area contributed by atoms with Gasteiger partial charge in [-0.25, -0.2) is 0 Å². The average molecular weight is 211 g/mol. The van der Waals surface area contributed by atoms with Gasteiger partial charge in [0.1, 0.15) is 0 Å². The monoisotopic (exact) mass is 211 g/mol. The second-order valence-corrected chi connectivity index (χ2v) is 3.84. The number of hydrogen-bond acceptors (Lipinski definition) is 2. The van der Waals surface area contributed by atoms with E-state index in [2.05, 4.69) is 4.98 Å². The van der Waals surface area contributed by atoms with Crippen molar-refractivity contribution in [1.82, 2.24) is 4.98 Å². The highest BCUT2D eigenvalue weighted by Gasteiger charge is 2.06. The Morgan fingerprint density at radius 2 is 1.94 bits per heavy atom. The van der Waals surface area contributed by atoms with Crippen LogP contribution in [0.1, 0.15) is 21.5 Å². The second kappa shape index (κ2) is 4.71. The maximum absolute atomic E-state index is 11.9. The molecule has 0 saturated heterocycles. The van der Waals surface area contributed by atoms with Crippen molar-refractivity contribution in [3.05, 3.63) is 65.5 Å². The number of benzene rings is 1. The smallest absolute Gasteiger partial charge is 0.168 e. The molecule has 0 fully saturated rings. The molecule has 1 aromatic carbocycles. The predicted molar refractivity (Wildman–Crippen MR) is 63.5 cm³/mol. The van der Waals surface area contributed by atoms with Gasteiger partial charge in [0.05, 0.1) is 0 Å². The number of Topliss-reactive ketones (excluding diaryl/α,β-unsaturated/α-hetero) is 1. The quantitative estimate of drug-likeness (QED) is 0.731. The lowest BCUT2D eigenvalue weighted by molar-refractivity contribution is 0.0992. The Kier molecular flexibility index (Phi) is 3.10. The van der Waals surface area contributed by atoms with Gasteiger partial charge >= 0.3 is 0 Å². The van der Waals surface area contributed by atoms with Crippen molar-refractivity contribution in [3.63, 3.8) is 0 Å². The minimum atomic E-state index is 0.113. The van der Waals surface area contributed by atoms with E-state index in [0.717, 1.165) is 11.1 Å². The van der Waals surface area contributed by atoms with E-state index in [1.165, 1.54) is 0 Å². The Morgan fingerprint density at radius 1 is 1.19 bits per heavy atom. The zero-order valence-corrected chi connectivity index (χ0v) is 9.18. The molecule has 0 aliphatic carbocycles. The fraction of sp³-hybridized carbons (Fsp3) is 0.143. The number of aryl methyl sites for hydroxylation is 1. The summed E-state index contributed by atoms with van der Waals surface area (Å²) >= 11 is 0. The summed E-state index contributed by atoms with van der Waals surface area (Å²) in [5.41, 5.74) is 2.73. The lowest BCUT2D eigenvalue weighted by atomic mass is 10.0. The summed E-state index contributed by atoms with van der Waals surface area (Å²) in [6.45, 7) is 1.94. The Morgan fingerprint density at radius 3 is 2.62 bits per heavy atom. The van der Waals surface area contributed by atoms with Crippen molar-refractivity contribution >= 4 is 5.78 Å². The number of rotatable bonds is 3. The van der Waals surface area contributed by atoms with Crippen molar-refractivity contribution in [2.45, 2.75) is 13.3 Å². The Bertz CT molecular complexity index is 491. The molecule has 0 N–H and O–H groups in total. The van der Waals surface area contributed by atoms with E-state index in [-0.39, 0.29) is 5.78 Å². The molecular weight excluding hydrogens is 198 g/mol. The van der Waals surface area contributed by atoms with Crippen LogP contribution in [0, 0.1) is 6.92 Å². The molecule has 1 heterocycles. The van der Waals surface area contributed by atoms with Crippen LogP contribution in [0.25, 0.3) is 0 Å². The first-order chi connectivity index (χ1) is 7.75. The fourth-order valence-electron chi connectivity index (χ4n) is 1.59. The van der Waals surface area contributed by atoms with Crippen molar-refractivity contribution in [1.29, 1.82) is 0 Å². The molecule has 0 aliphatic heterocycles. The summed E-state index contributed by atoms with van der Waals surface area (Å²) in [5, 5.41) is 0. The van der Waals surface area contributed by atoms with Gasteiger partial charge in [0, 0.05) is 24.4 Å². The van der Waals surface area contributed by atoms with Crippen LogP contribution < -0.4 is 0 Å². The summed E-state index contributed by atoms with van der Waals surface area (Å²) < 4.78 is 0. The highest BCUT2D eigenvalue weighted by molar-refractivity contribution is 5.97. The highest BCUT2D eigenvalue weighted by Crippen LogP contribution is 2.07. The first kappa shape index (κ1) is 10.6.